The maximum Gasteiger partial charge on any atom is 0.0918 e. The molecule has 120 valence electrons. The first kappa shape index (κ1) is 15.5. The molecule has 0 saturated carbocycles. The first-order chi connectivity index (χ1) is 10.6. The van der Waals surface area contributed by atoms with Crippen LogP contribution in [0.3, 0.4) is 0 Å². The Kier molecular flexibility index (Phi) is 4.81. The van der Waals surface area contributed by atoms with Gasteiger partial charge < -0.3 is 21.5 Å². The van der Waals surface area contributed by atoms with Crippen LogP contribution >= 0.6 is 0 Å². The second-order valence-electron chi connectivity index (χ2n) is 6.61. The third-order valence-corrected chi connectivity index (χ3v) is 4.94. The molecule has 2 unspecified atom stereocenters. The van der Waals surface area contributed by atoms with Crippen LogP contribution in [-0.4, -0.2) is 35.9 Å². The van der Waals surface area contributed by atoms with Gasteiger partial charge in [-0.3, -0.25) is 0 Å². The summed E-state index contributed by atoms with van der Waals surface area (Å²) in [7, 11) is 0. The molecule has 1 saturated heterocycles. The molecule has 1 fully saturated rings. The van der Waals surface area contributed by atoms with Crippen molar-refractivity contribution in [3.8, 4) is 0 Å². The zero-order chi connectivity index (χ0) is 15.5. The summed E-state index contributed by atoms with van der Waals surface area (Å²) in [6, 6.07) is 8.99. The van der Waals surface area contributed by atoms with E-state index in [1.165, 1.54) is 5.56 Å². The summed E-state index contributed by atoms with van der Waals surface area (Å²) in [6.45, 7) is 3.14. The standard InChI is InChI=1S/C18H27N3O/c1-12-16(3-2-10-20-12)18(22)17-9-8-15(21-17)11-13-4-6-14(19)7-5-13/h3-7,12,15,17-18,20-22H,2,8-11,19H2,1H3/t12?,15?,17-,18-/m1/s1. The van der Waals surface area contributed by atoms with Gasteiger partial charge >= 0.3 is 0 Å². The summed E-state index contributed by atoms with van der Waals surface area (Å²) in [5, 5.41) is 17.7. The van der Waals surface area contributed by atoms with Crippen LogP contribution in [0.4, 0.5) is 5.69 Å². The lowest BCUT2D eigenvalue weighted by atomic mass is 9.93. The molecule has 0 aromatic heterocycles. The smallest absolute Gasteiger partial charge is 0.0918 e. The summed E-state index contributed by atoms with van der Waals surface area (Å²) < 4.78 is 0. The fourth-order valence-corrected chi connectivity index (χ4v) is 3.64. The first-order valence-corrected chi connectivity index (χ1v) is 8.35. The molecule has 2 aliphatic heterocycles. The molecule has 3 rings (SSSR count). The van der Waals surface area contributed by atoms with Gasteiger partial charge in [0.25, 0.3) is 0 Å². The number of rotatable bonds is 4. The number of benzene rings is 1. The Bertz CT molecular complexity index is 526. The number of anilines is 1. The van der Waals surface area contributed by atoms with Gasteiger partial charge in [0.2, 0.25) is 0 Å². The van der Waals surface area contributed by atoms with Crippen LogP contribution in [0.1, 0.15) is 31.7 Å². The van der Waals surface area contributed by atoms with E-state index >= 15 is 0 Å². The van der Waals surface area contributed by atoms with Gasteiger partial charge in [-0.1, -0.05) is 18.2 Å². The maximum absolute atomic E-state index is 10.7. The molecule has 1 aromatic rings. The number of aliphatic hydroxyl groups excluding tert-OH is 1. The minimum atomic E-state index is -0.376. The topological polar surface area (TPSA) is 70.3 Å². The quantitative estimate of drug-likeness (QED) is 0.504. The molecule has 0 radical (unpaired) electrons. The lowest BCUT2D eigenvalue weighted by molar-refractivity contribution is 0.157. The van der Waals surface area contributed by atoms with E-state index in [1.54, 1.807) is 0 Å². The van der Waals surface area contributed by atoms with Gasteiger partial charge in [0.05, 0.1) is 6.10 Å². The minimum Gasteiger partial charge on any atom is -0.399 e. The van der Waals surface area contributed by atoms with Crippen molar-refractivity contribution in [2.45, 2.75) is 56.8 Å². The molecule has 0 amide bonds. The van der Waals surface area contributed by atoms with E-state index in [9.17, 15) is 5.11 Å². The van der Waals surface area contributed by atoms with E-state index in [0.29, 0.717) is 6.04 Å². The van der Waals surface area contributed by atoms with Gasteiger partial charge in [0.1, 0.15) is 0 Å². The monoisotopic (exact) mass is 301 g/mol. The molecular formula is C18H27N3O. The van der Waals surface area contributed by atoms with Crippen molar-refractivity contribution in [1.82, 2.24) is 10.6 Å². The van der Waals surface area contributed by atoms with Crippen molar-refractivity contribution < 1.29 is 5.11 Å². The third-order valence-electron chi connectivity index (χ3n) is 4.94. The fraction of sp³-hybridized carbons (Fsp3) is 0.556. The second-order valence-corrected chi connectivity index (χ2v) is 6.61. The van der Waals surface area contributed by atoms with E-state index in [2.05, 4.69) is 35.8 Å². The highest BCUT2D eigenvalue weighted by molar-refractivity contribution is 5.39. The summed E-state index contributed by atoms with van der Waals surface area (Å²) >= 11 is 0. The van der Waals surface area contributed by atoms with Crippen molar-refractivity contribution in [2.75, 3.05) is 12.3 Å². The molecule has 22 heavy (non-hydrogen) atoms. The van der Waals surface area contributed by atoms with Crippen molar-refractivity contribution in [3.63, 3.8) is 0 Å². The van der Waals surface area contributed by atoms with Crippen LogP contribution < -0.4 is 16.4 Å². The van der Waals surface area contributed by atoms with E-state index in [-0.39, 0.29) is 18.2 Å². The van der Waals surface area contributed by atoms with E-state index in [0.717, 1.165) is 43.5 Å². The second kappa shape index (κ2) is 6.82. The Hall–Kier alpha value is -1.36. The average molecular weight is 301 g/mol. The van der Waals surface area contributed by atoms with Crippen LogP contribution in [0, 0.1) is 0 Å². The lowest BCUT2D eigenvalue weighted by Crippen LogP contribution is -2.45. The van der Waals surface area contributed by atoms with Crippen LogP contribution in [0.2, 0.25) is 0 Å². The van der Waals surface area contributed by atoms with Crippen LogP contribution in [-0.2, 0) is 6.42 Å². The van der Waals surface area contributed by atoms with Crippen molar-refractivity contribution in [1.29, 1.82) is 0 Å². The molecule has 0 bridgehead atoms. The Morgan fingerprint density at radius 1 is 1.27 bits per heavy atom. The summed E-state index contributed by atoms with van der Waals surface area (Å²) in [5.74, 6) is 0. The van der Waals surface area contributed by atoms with Gasteiger partial charge in [-0.2, -0.15) is 0 Å². The number of hydrogen-bond donors (Lipinski definition) is 4. The minimum absolute atomic E-state index is 0.174. The highest BCUT2D eigenvalue weighted by Crippen LogP contribution is 2.24. The SMILES string of the molecule is CC1NCCC=C1[C@@H](O)[C@H]1CCC(Cc2ccc(N)cc2)N1. The zero-order valence-corrected chi connectivity index (χ0v) is 13.3. The summed E-state index contributed by atoms with van der Waals surface area (Å²) in [4.78, 5) is 0. The van der Waals surface area contributed by atoms with Crippen molar-refractivity contribution in [3.05, 3.63) is 41.5 Å². The Labute approximate surface area is 132 Å². The van der Waals surface area contributed by atoms with Gasteiger partial charge in [0, 0.05) is 23.8 Å². The van der Waals surface area contributed by atoms with Gasteiger partial charge in [-0.25, -0.2) is 0 Å². The number of nitrogen functional groups attached to an aromatic ring is 1. The molecule has 2 aliphatic rings. The molecule has 4 heteroatoms. The molecule has 4 atom stereocenters. The predicted octanol–water partition coefficient (Wildman–Crippen LogP) is 1.60. The molecule has 4 nitrogen and oxygen atoms in total. The number of aliphatic hydroxyl groups is 1. The number of nitrogens with two attached hydrogens (primary N) is 1. The normalized spacial score (nSPS) is 30.1. The summed E-state index contributed by atoms with van der Waals surface area (Å²) in [5.41, 5.74) is 8.99. The molecule has 1 aromatic carbocycles. The lowest BCUT2D eigenvalue weighted by Gasteiger charge is -2.30. The van der Waals surface area contributed by atoms with Gasteiger partial charge in [0.15, 0.2) is 0 Å². The highest BCUT2D eigenvalue weighted by Gasteiger charge is 2.32. The molecule has 2 heterocycles. The van der Waals surface area contributed by atoms with Gasteiger partial charge in [-0.15, -0.1) is 0 Å². The molecule has 0 spiro atoms. The van der Waals surface area contributed by atoms with E-state index < -0.39 is 0 Å². The predicted molar refractivity (Wildman–Crippen MR) is 90.7 cm³/mol. The Morgan fingerprint density at radius 3 is 2.77 bits per heavy atom. The largest absolute Gasteiger partial charge is 0.399 e. The average Bonchev–Trinajstić information content (AvgIpc) is 2.98. The van der Waals surface area contributed by atoms with E-state index in [4.69, 9.17) is 5.73 Å². The van der Waals surface area contributed by atoms with Crippen molar-refractivity contribution >= 4 is 5.69 Å². The van der Waals surface area contributed by atoms with Crippen LogP contribution in [0.15, 0.2) is 35.9 Å². The van der Waals surface area contributed by atoms with Gasteiger partial charge in [-0.05, 0) is 62.4 Å². The van der Waals surface area contributed by atoms with Crippen LogP contribution in [0.5, 0.6) is 0 Å². The molecule has 0 aliphatic carbocycles. The molecular weight excluding hydrogens is 274 g/mol. The van der Waals surface area contributed by atoms with Crippen molar-refractivity contribution in [2.24, 2.45) is 0 Å². The Morgan fingerprint density at radius 2 is 2.05 bits per heavy atom. The third kappa shape index (κ3) is 3.51. The molecule has 5 N–H and O–H groups in total. The maximum atomic E-state index is 10.7. The Balaban J connectivity index is 1.57. The van der Waals surface area contributed by atoms with Crippen LogP contribution in [0.25, 0.3) is 0 Å². The zero-order valence-electron chi connectivity index (χ0n) is 13.3. The number of hydrogen-bond acceptors (Lipinski definition) is 4. The first-order valence-electron chi connectivity index (χ1n) is 8.35. The summed E-state index contributed by atoms with van der Waals surface area (Å²) in [6.07, 6.45) is 5.99. The number of nitrogens with one attached hydrogen (secondary N) is 2. The fourth-order valence-electron chi connectivity index (χ4n) is 3.64. The van der Waals surface area contributed by atoms with E-state index in [1.807, 2.05) is 12.1 Å². The highest BCUT2D eigenvalue weighted by atomic mass is 16.3.